The van der Waals surface area contributed by atoms with Gasteiger partial charge in [0.2, 0.25) is 0 Å². The second-order valence-electron chi connectivity index (χ2n) is 3.93. The first-order valence-corrected chi connectivity index (χ1v) is 6.48. The van der Waals surface area contributed by atoms with Gasteiger partial charge in [-0.2, -0.15) is 10.2 Å². The monoisotopic (exact) mass is 285 g/mol. The van der Waals surface area contributed by atoms with Crippen molar-refractivity contribution >= 4 is 23.5 Å². The summed E-state index contributed by atoms with van der Waals surface area (Å²) in [7, 11) is 0. The van der Waals surface area contributed by atoms with Crippen LogP contribution < -0.4 is 10.7 Å². The van der Waals surface area contributed by atoms with E-state index in [2.05, 4.69) is 32.6 Å². The van der Waals surface area contributed by atoms with Crippen molar-refractivity contribution in [2.24, 2.45) is 5.10 Å². The second kappa shape index (κ2) is 7.20. The molecule has 20 heavy (non-hydrogen) atoms. The number of rotatable bonds is 5. The van der Waals surface area contributed by atoms with Gasteiger partial charge >= 0.3 is 0 Å². The van der Waals surface area contributed by atoms with Crippen molar-refractivity contribution in [3.8, 4) is 11.1 Å². The summed E-state index contributed by atoms with van der Waals surface area (Å²) in [6, 6.07) is 9.98. The van der Waals surface area contributed by atoms with Crippen LogP contribution in [0.15, 0.2) is 54.3 Å². The van der Waals surface area contributed by atoms with Crippen molar-refractivity contribution in [2.45, 2.75) is 0 Å². The average Bonchev–Trinajstić information content (AvgIpc) is 2.94. The summed E-state index contributed by atoms with van der Waals surface area (Å²) in [5.41, 5.74) is 5.61. The van der Waals surface area contributed by atoms with E-state index in [-0.39, 0.29) is 0 Å². The zero-order valence-corrected chi connectivity index (χ0v) is 11.7. The van der Waals surface area contributed by atoms with Crippen molar-refractivity contribution in [3.63, 3.8) is 0 Å². The molecule has 0 aliphatic heterocycles. The lowest BCUT2D eigenvalue weighted by atomic mass is 10.1. The SMILES string of the molecule is C=CCNC(=S)N/N=C\c1[nH]ncc1-c1ccccc1. The molecule has 0 amide bonds. The fourth-order valence-corrected chi connectivity index (χ4v) is 1.74. The summed E-state index contributed by atoms with van der Waals surface area (Å²) >= 11 is 5.03. The van der Waals surface area contributed by atoms with Crippen molar-refractivity contribution in [2.75, 3.05) is 6.54 Å². The highest BCUT2D eigenvalue weighted by Crippen LogP contribution is 2.19. The van der Waals surface area contributed by atoms with Crippen LogP contribution in [0.3, 0.4) is 0 Å². The lowest BCUT2D eigenvalue weighted by molar-refractivity contribution is 0.940. The first-order valence-electron chi connectivity index (χ1n) is 6.08. The third-order valence-electron chi connectivity index (χ3n) is 2.52. The smallest absolute Gasteiger partial charge is 0.187 e. The van der Waals surface area contributed by atoms with E-state index in [1.807, 2.05) is 30.3 Å². The number of aromatic amines is 1. The van der Waals surface area contributed by atoms with Crippen LogP contribution in [0.5, 0.6) is 0 Å². The molecule has 0 atom stereocenters. The maximum absolute atomic E-state index is 5.03. The molecule has 2 aromatic rings. The highest BCUT2D eigenvalue weighted by Gasteiger charge is 2.04. The number of hydrogen-bond donors (Lipinski definition) is 3. The Morgan fingerprint density at radius 1 is 1.40 bits per heavy atom. The van der Waals surface area contributed by atoms with Crippen molar-refractivity contribution in [3.05, 3.63) is 54.9 Å². The number of H-pyrrole nitrogens is 1. The van der Waals surface area contributed by atoms with E-state index in [1.54, 1.807) is 18.5 Å². The Morgan fingerprint density at radius 3 is 2.95 bits per heavy atom. The fraction of sp³-hybridized carbons (Fsp3) is 0.0714. The van der Waals surface area contributed by atoms with E-state index >= 15 is 0 Å². The summed E-state index contributed by atoms with van der Waals surface area (Å²) in [6.45, 7) is 4.20. The number of nitrogens with zero attached hydrogens (tertiary/aromatic N) is 2. The van der Waals surface area contributed by atoms with Gasteiger partial charge in [-0.1, -0.05) is 36.4 Å². The molecule has 1 aromatic heterocycles. The van der Waals surface area contributed by atoms with Crippen LogP contribution in [-0.2, 0) is 0 Å². The summed E-state index contributed by atoms with van der Waals surface area (Å²) in [5.74, 6) is 0. The van der Waals surface area contributed by atoms with Gasteiger partial charge in [-0.3, -0.25) is 10.5 Å². The lowest BCUT2D eigenvalue weighted by Gasteiger charge is -2.03. The van der Waals surface area contributed by atoms with Crippen LogP contribution in [0, 0.1) is 0 Å². The van der Waals surface area contributed by atoms with Gasteiger partial charge in [0.15, 0.2) is 5.11 Å². The van der Waals surface area contributed by atoms with E-state index in [0.717, 1.165) is 16.8 Å². The van der Waals surface area contributed by atoms with Crippen LogP contribution in [0.2, 0.25) is 0 Å². The van der Waals surface area contributed by atoms with Crippen molar-refractivity contribution < 1.29 is 0 Å². The Labute approximate surface area is 122 Å². The van der Waals surface area contributed by atoms with E-state index in [9.17, 15) is 0 Å². The molecule has 0 spiro atoms. The molecule has 102 valence electrons. The van der Waals surface area contributed by atoms with Crippen molar-refractivity contribution in [1.82, 2.24) is 20.9 Å². The first-order chi connectivity index (χ1) is 9.81. The van der Waals surface area contributed by atoms with Gasteiger partial charge in [-0.25, -0.2) is 0 Å². The van der Waals surface area contributed by atoms with Crippen LogP contribution in [0.4, 0.5) is 0 Å². The predicted molar refractivity (Wildman–Crippen MR) is 85.6 cm³/mol. The zero-order chi connectivity index (χ0) is 14.2. The van der Waals surface area contributed by atoms with E-state index in [4.69, 9.17) is 12.2 Å². The summed E-state index contributed by atoms with van der Waals surface area (Å²) in [6.07, 6.45) is 5.14. The van der Waals surface area contributed by atoms with Gasteiger partial charge in [0.05, 0.1) is 18.1 Å². The summed E-state index contributed by atoms with van der Waals surface area (Å²) in [4.78, 5) is 0. The number of benzene rings is 1. The van der Waals surface area contributed by atoms with E-state index < -0.39 is 0 Å². The Bertz CT molecular complexity index is 603. The average molecular weight is 285 g/mol. The summed E-state index contributed by atoms with van der Waals surface area (Å²) in [5, 5.41) is 14.4. The minimum absolute atomic E-state index is 0.446. The highest BCUT2D eigenvalue weighted by atomic mass is 32.1. The standard InChI is InChI=1S/C14H15N5S/c1-2-8-15-14(20)19-17-10-13-12(9-16-18-13)11-6-4-3-5-7-11/h2-7,9-10H,1,8H2,(H,16,18)(H2,15,19,20)/b17-10-. The zero-order valence-electron chi connectivity index (χ0n) is 10.8. The largest absolute Gasteiger partial charge is 0.358 e. The molecule has 0 aliphatic carbocycles. The number of nitrogens with one attached hydrogen (secondary N) is 3. The molecule has 0 saturated carbocycles. The number of hydrogen-bond acceptors (Lipinski definition) is 3. The highest BCUT2D eigenvalue weighted by molar-refractivity contribution is 7.80. The van der Waals surface area contributed by atoms with Crippen LogP contribution in [-0.4, -0.2) is 28.1 Å². The Morgan fingerprint density at radius 2 is 2.20 bits per heavy atom. The molecule has 1 heterocycles. The third-order valence-corrected chi connectivity index (χ3v) is 2.76. The van der Waals surface area contributed by atoms with Crippen LogP contribution >= 0.6 is 12.2 Å². The fourth-order valence-electron chi connectivity index (χ4n) is 1.60. The van der Waals surface area contributed by atoms with Gasteiger partial charge in [0, 0.05) is 12.1 Å². The van der Waals surface area contributed by atoms with Crippen LogP contribution in [0.1, 0.15) is 5.69 Å². The Hall–Kier alpha value is -2.47. The van der Waals surface area contributed by atoms with E-state index in [0.29, 0.717) is 11.7 Å². The van der Waals surface area contributed by atoms with Gasteiger partial charge < -0.3 is 5.32 Å². The molecule has 1 aromatic carbocycles. The minimum atomic E-state index is 0.446. The van der Waals surface area contributed by atoms with Gasteiger partial charge in [0.25, 0.3) is 0 Å². The molecule has 6 heteroatoms. The molecular weight excluding hydrogens is 270 g/mol. The molecule has 5 nitrogen and oxygen atoms in total. The molecule has 3 N–H and O–H groups in total. The first kappa shape index (κ1) is 14.0. The normalized spacial score (nSPS) is 10.4. The number of aromatic nitrogens is 2. The Balaban J connectivity index is 2.02. The minimum Gasteiger partial charge on any atom is -0.358 e. The topological polar surface area (TPSA) is 65.1 Å². The molecule has 0 saturated heterocycles. The van der Waals surface area contributed by atoms with E-state index in [1.165, 1.54) is 0 Å². The lowest BCUT2D eigenvalue weighted by Crippen LogP contribution is -2.31. The molecule has 0 aliphatic rings. The van der Waals surface area contributed by atoms with Gasteiger partial charge in [-0.15, -0.1) is 6.58 Å². The van der Waals surface area contributed by atoms with Crippen LogP contribution in [0.25, 0.3) is 11.1 Å². The Kier molecular flexibility index (Phi) is 5.02. The quantitative estimate of drug-likeness (QED) is 0.340. The molecule has 0 radical (unpaired) electrons. The third kappa shape index (κ3) is 3.76. The van der Waals surface area contributed by atoms with Crippen molar-refractivity contribution in [1.29, 1.82) is 0 Å². The molecule has 0 bridgehead atoms. The maximum atomic E-state index is 5.03. The molecule has 0 unspecified atom stereocenters. The summed E-state index contributed by atoms with van der Waals surface area (Å²) < 4.78 is 0. The predicted octanol–water partition coefficient (Wildman–Crippen LogP) is 2.06. The molecular formula is C14H15N5S. The maximum Gasteiger partial charge on any atom is 0.187 e. The number of thiocarbonyl (C=S) groups is 1. The number of hydrazone groups is 1. The molecule has 0 fully saturated rings. The second-order valence-corrected chi connectivity index (χ2v) is 4.34. The van der Waals surface area contributed by atoms with Gasteiger partial charge in [0.1, 0.15) is 0 Å². The van der Waals surface area contributed by atoms with Gasteiger partial charge in [-0.05, 0) is 17.8 Å². The molecule has 2 rings (SSSR count).